The van der Waals surface area contributed by atoms with Crippen LogP contribution >= 0.6 is 0 Å². The SMILES string of the molecule is C#CC(C)C.C=CC(C)C.CC(C)C1(F)CC1.CC(C)C1CC(F)(F)C1.CC(C)C1CC1.CC(C)C1CC1(F)F.CC(C)C1CCC1.CC(C)C1COC1. The van der Waals surface area contributed by atoms with Gasteiger partial charge in [0.05, 0.1) is 13.2 Å². The van der Waals surface area contributed by atoms with Crippen LogP contribution in [0.5, 0.6) is 0 Å². The zero-order valence-electron chi connectivity index (χ0n) is 38.2. The standard InChI is InChI=1S/C7H12F2.C7H14.C6H10F2.C6H11F.C6H12O.C6H12.C5H10.C5H8/c1-5(2)6-3-7(8,9)4-6;1-6(2)7-4-3-5-7;1-4(2)5-3-6(5,7)8;1-5(2)6(7)3-4-6;1-5(2)6-3-7-4-6;1-5(2)6-3-4-6;2*1-4-5(2)3/h5-6H,3-4H2,1-2H3;6-7H,3-5H2,1-2H3;4-5H,3H2,1-2H3;5H,3-4H2,1-2H3;5-6H,3-4H2,1-2H3;5-6H,3-4H2,1-2H3;4-5H,1H2,2-3H3;1,5H,2-3H3. The van der Waals surface area contributed by atoms with Gasteiger partial charge in [0.25, 0.3) is 5.92 Å². The summed E-state index contributed by atoms with van der Waals surface area (Å²) >= 11 is 0. The molecule has 1 atom stereocenters. The average Bonchev–Trinajstić information content (AvgIpc) is 3.87. The molecule has 322 valence electrons. The maximum atomic E-state index is 12.6. The first-order valence-corrected chi connectivity index (χ1v) is 21.8. The highest BCUT2D eigenvalue weighted by Gasteiger charge is 2.57. The number of rotatable bonds is 7. The van der Waals surface area contributed by atoms with Crippen LogP contribution in [0.15, 0.2) is 12.7 Å². The van der Waals surface area contributed by atoms with Gasteiger partial charge in [0.1, 0.15) is 5.67 Å². The summed E-state index contributed by atoms with van der Waals surface area (Å²) < 4.78 is 66.0. The van der Waals surface area contributed by atoms with E-state index in [4.69, 9.17) is 11.2 Å². The van der Waals surface area contributed by atoms with E-state index in [1.54, 1.807) is 0 Å². The van der Waals surface area contributed by atoms with Gasteiger partial charge < -0.3 is 4.74 Å². The van der Waals surface area contributed by atoms with Crippen molar-refractivity contribution < 1.29 is 26.7 Å². The van der Waals surface area contributed by atoms with Gasteiger partial charge in [-0.3, -0.25) is 0 Å². The summed E-state index contributed by atoms with van der Waals surface area (Å²) in [6.45, 7) is 39.0. The lowest BCUT2D eigenvalue weighted by Gasteiger charge is -2.37. The Bertz CT molecular complexity index is 948. The van der Waals surface area contributed by atoms with Gasteiger partial charge >= 0.3 is 0 Å². The molecular weight excluding hydrogens is 688 g/mol. The Hall–Kier alpha value is -1.09. The molecule has 1 aliphatic heterocycles. The Kier molecular flexibility index (Phi) is 27.3. The van der Waals surface area contributed by atoms with Crippen LogP contribution in [0.25, 0.3) is 0 Å². The predicted molar refractivity (Wildman–Crippen MR) is 226 cm³/mol. The molecule has 6 rings (SSSR count). The molecule has 6 fully saturated rings. The molecule has 5 aliphatic carbocycles. The van der Waals surface area contributed by atoms with Crippen LogP contribution in [-0.4, -0.2) is 30.7 Å². The Morgan fingerprint density at radius 1 is 0.593 bits per heavy atom. The van der Waals surface area contributed by atoms with Crippen molar-refractivity contribution in [2.45, 2.75) is 193 Å². The van der Waals surface area contributed by atoms with Crippen LogP contribution in [0.3, 0.4) is 0 Å². The molecule has 0 aromatic heterocycles. The number of hydrogen-bond donors (Lipinski definition) is 0. The molecule has 6 aliphatic rings. The summed E-state index contributed by atoms with van der Waals surface area (Å²) in [4.78, 5) is 0. The molecule has 0 amide bonds. The second-order valence-corrected chi connectivity index (χ2v) is 19.6. The van der Waals surface area contributed by atoms with Crippen LogP contribution in [0.2, 0.25) is 0 Å². The minimum absolute atomic E-state index is 0.116. The summed E-state index contributed by atoms with van der Waals surface area (Å²) in [5.74, 6) is 5.54. The minimum Gasteiger partial charge on any atom is -0.381 e. The van der Waals surface area contributed by atoms with Crippen molar-refractivity contribution in [3.8, 4) is 12.3 Å². The summed E-state index contributed by atoms with van der Waals surface area (Å²) in [6.07, 6.45) is 16.3. The van der Waals surface area contributed by atoms with E-state index in [9.17, 15) is 22.0 Å². The summed E-state index contributed by atoms with van der Waals surface area (Å²) in [5, 5.41) is 0. The van der Waals surface area contributed by atoms with Gasteiger partial charge in [-0.25, -0.2) is 22.0 Å². The molecule has 0 aromatic rings. The van der Waals surface area contributed by atoms with E-state index in [1.165, 1.54) is 32.1 Å². The smallest absolute Gasteiger partial charge is 0.251 e. The normalized spacial score (nSPS) is 22.6. The molecule has 0 bridgehead atoms. The third-order valence-electron chi connectivity index (χ3n) is 11.6. The lowest BCUT2D eigenvalue weighted by Crippen LogP contribution is -2.37. The molecule has 6 heteroatoms. The number of halogens is 5. The van der Waals surface area contributed by atoms with E-state index >= 15 is 0 Å². The first-order valence-electron chi connectivity index (χ1n) is 21.8. The van der Waals surface area contributed by atoms with Crippen LogP contribution in [0.4, 0.5) is 22.0 Å². The van der Waals surface area contributed by atoms with Gasteiger partial charge in [0.15, 0.2) is 0 Å². The second kappa shape index (κ2) is 26.8. The van der Waals surface area contributed by atoms with E-state index in [-0.39, 0.29) is 42.9 Å². The van der Waals surface area contributed by atoms with Crippen molar-refractivity contribution >= 4 is 0 Å². The van der Waals surface area contributed by atoms with Gasteiger partial charge in [-0.2, -0.15) is 0 Å². The topological polar surface area (TPSA) is 9.23 Å². The molecule has 5 saturated carbocycles. The lowest BCUT2D eigenvalue weighted by molar-refractivity contribution is -0.122. The molecule has 1 nitrogen and oxygen atoms in total. The fourth-order valence-electron chi connectivity index (χ4n) is 5.34. The maximum Gasteiger partial charge on any atom is 0.251 e. The summed E-state index contributed by atoms with van der Waals surface area (Å²) in [7, 11) is 0. The quantitative estimate of drug-likeness (QED) is 0.142. The van der Waals surface area contributed by atoms with Gasteiger partial charge in [-0.05, 0) is 84.9 Å². The molecule has 1 unspecified atom stereocenters. The Balaban J connectivity index is 0. The first-order chi connectivity index (χ1) is 24.7. The van der Waals surface area contributed by atoms with E-state index in [0.29, 0.717) is 17.8 Å². The fraction of sp³-hybridized carbons (Fsp3) is 0.917. The van der Waals surface area contributed by atoms with E-state index in [2.05, 4.69) is 67.9 Å². The summed E-state index contributed by atoms with van der Waals surface area (Å²) in [6, 6.07) is 0. The molecule has 0 spiro atoms. The van der Waals surface area contributed by atoms with Crippen LogP contribution < -0.4 is 0 Å². The van der Waals surface area contributed by atoms with Crippen molar-refractivity contribution in [1.29, 1.82) is 0 Å². The van der Waals surface area contributed by atoms with Crippen LogP contribution in [0, 0.1) is 89.3 Å². The molecule has 1 heterocycles. The molecule has 0 N–H and O–H groups in total. The molecule has 0 radical (unpaired) electrons. The lowest BCUT2D eigenvalue weighted by atomic mass is 9.74. The highest BCUT2D eigenvalue weighted by Crippen LogP contribution is 2.52. The minimum atomic E-state index is -2.32. The average molecular weight is 777 g/mol. The zero-order valence-corrected chi connectivity index (χ0v) is 38.2. The van der Waals surface area contributed by atoms with Crippen molar-refractivity contribution in [3.05, 3.63) is 12.7 Å². The van der Waals surface area contributed by atoms with Crippen molar-refractivity contribution in [3.63, 3.8) is 0 Å². The van der Waals surface area contributed by atoms with Gasteiger partial charge in [-0.15, -0.1) is 18.9 Å². The molecule has 1 saturated heterocycles. The van der Waals surface area contributed by atoms with Gasteiger partial charge in [0.2, 0.25) is 5.92 Å². The highest BCUT2D eigenvalue weighted by molar-refractivity contribution is 4.97. The second-order valence-electron chi connectivity index (χ2n) is 19.6. The van der Waals surface area contributed by atoms with E-state index in [1.807, 2.05) is 61.5 Å². The third-order valence-corrected chi connectivity index (χ3v) is 11.6. The number of terminal acetylenes is 1. The number of allylic oxidation sites excluding steroid dienone is 1. The highest BCUT2D eigenvalue weighted by atomic mass is 19.3. The van der Waals surface area contributed by atoms with E-state index in [0.717, 1.165) is 61.6 Å². The largest absolute Gasteiger partial charge is 0.381 e. The summed E-state index contributed by atoms with van der Waals surface area (Å²) in [5.41, 5.74) is -0.750. The number of hydrogen-bond acceptors (Lipinski definition) is 1. The van der Waals surface area contributed by atoms with Gasteiger partial charge in [0, 0.05) is 37.0 Å². The Labute approximate surface area is 333 Å². The zero-order chi connectivity index (χ0) is 42.6. The predicted octanol–water partition coefficient (Wildman–Crippen LogP) is 16.0. The van der Waals surface area contributed by atoms with E-state index < -0.39 is 17.5 Å². The van der Waals surface area contributed by atoms with Crippen molar-refractivity contribution in [2.24, 2.45) is 76.9 Å². The fourth-order valence-corrected chi connectivity index (χ4v) is 5.34. The maximum absolute atomic E-state index is 12.6. The molecule has 0 aromatic carbocycles. The Morgan fingerprint density at radius 3 is 0.963 bits per heavy atom. The number of ether oxygens (including phenoxy) is 1. The third kappa shape index (κ3) is 27.5. The molecule has 54 heavy (non-hydrogen) atoms. The van der Waals surface area contributed by atoms with Crippen LogP contribution in [-0.2, 0) is 4.74 Å². The number of alkyl halides is 5. The van der Waals surface area contributed by atoms with Gasteiger partial charge in [-0.1, -0.05) is 136 Å². The monoisotopic (exact) mass is 777 g/mol. The van der Waals surface area contributed by atoms with Crippen molar-refractivity contribution in [2.75, 3.05) is 13.2 Å². The van der Waals surface area contributed by atoms with Crippen molar-refractivity contribution in [1.82, 2.24) is 0 Å². The first kappa shape index (κ1) is 55.0. The Morgan fingerprint density at radius 2 is 0.944 bits per heavy atom. The van der Waals surface area contributed by atoms with Crippen LogP contribution in [0.1, 0.15) is 175 Å². The molecular formula is C48H89F5O.